The highest BCUT2D eigenvalue weighted by Crippen LogP contribution is 2.31. The Morgan fingerprint density at radius 1 is 0.882 bits per heavy atom. The Labute approximate surface area is 210 Å². The van der Waals surface area contributed by atoms with Crippen LogP contribution in [0.25, 0.3) is 0 Å². The predicted molar refractivity (Wildman–Crippen MR) is 132 cm³/mol. The first-order chi connectivity index (χ1) is 16.3. The molecule has 0 aromatic carbocycles. The number of carbonyl (C=O) groups is 5. The van der Waals surface area contributed by atoms with E-state index in [1.54, 1.807) is 0 Å². The van der Waals surface area contributed by atoms with Crippen molar-refractivity contribution in [1.82, 2.24) is 21.0 Å². The first-order valence-electron chi connectivity index (χ1n) is 11.7. The molecular weight excluding hydrogens is 480 g/mol. The number of imide groups is 1. The molecule has 1 atom stereocenters. The fraction of sp³-hybridized carbons (Fsp3) is 0.682. The van der Waals surface area contributed by atoms with Gasteiger partial charge in [0.2, 0.25) is 11.8 Å². The molecule has 1 heterocycles. The average molecular weight is 515 g/mol. The average Bonchev–Trinajstić information content (AvgIpc) is 3.59. The lowest BCUT2D eigenvalue weighted by Gasteiger charge is -2.19. The van der Waals surface area contributed by atoms with E-state index in [-0.39, 0.29) is 38.1 Å². The van der Waals surface area contributed by atoms with Gasteiger partial charge in [0.1, 0.15) is 6.04 Å². The van der Waals surface area contributed by atoms with Gasteiger partial charge in [-0.3, -0.25) is 19.2 Å². The topological polar surface area (TPSA) is 134 Å². The highest BCUT2D eigenvalue weighted by Gasteiger charge is 2.32. The lowest BCUT2D eigenvalue weighted by Crippen LogP contribution is -2.47. The van der Waals surface area contributed by atoms with Crippen molar-refractivity contribution in [3.8, 4) is 0 Å². The molecule has 1 saturated heterocycles. The number of hydrogen-bond donors (Lipinski definition) is 5. The maximum Gasteiger partial charge on any atom is 0.334 e. The molecule has 2 fully saturated rings. The van der Waals surface area contributed by atoms with Gasteiger partial charge in [0.15, 0.2) is 0 Å². The molecule has 0 aromatic heterocycles. The third-order valence-corrected chi connectivity index (χ3v) is 5.81. The number of hydroxylamine groups is 2. The molecule has 0 radical (unpaired) electrons. The first-order valence-corrected chi connectivity index (χ1v) is 12.9. The number of hydrogen-bond acceptors (Lipinski definition) is 9. The van der Waals surface area contributed by atoms with Crippen molar-refractivity contribution in [2.75, 3.05) is 24.6 Å². The van der Waals surface area contributed by atoms with E-state index < -0.39 is 29.7 Å². The van der Waals surface area contributed by atoms with Crippen LogP contribution in [-0.2, 0) is 28.8 Å². The Morgan fingerprint density at radius 2 is 1.56 bits per heavy atom. The molecule has 12 heteroatoms. The smallest absolute Gasteiger partial charge is 0.334 e. The van der Waals surface area contributed by atoms with Crippen LogP contribution < -0.4 is 16.0 Å². The summed E-state index contributed by atoms with van der Waals surface area (Å²) in [7, 11) is 0. The normalized spacial score (nSPS) is 15.7. The van der Waals surface area contributed by atoms with Gasteiger partial charge in [-0.2, -0.15) is 25.3 Å². The molecule has 3 N–H and O–H groups in total. The van der Waals surface area contributed by atoms with Crippen LogP contribution in [-0.4, -0.2) is 65.3 Å². The summed E-state index contributed by atoms with van der Waals surface area (Å²) in [4.78, 5) is 64.3. The van der Waals surface area contributed by atoms with Crippen LogP contribution in [0.3, 0.4) is 0 Å². The Morgan fingerprint density at radius 3 is 2.18 bits per heavy atom. The van der Waals surface area contributed by atoms with Crippen molar-refractivity contribution >= 4 is 54.9 Å². The van der Waals surface area contributed by atoms with Crippen molar-refractivity contribution in [3.63, 3.8) is 0 Å². The standard InChI is InChI=1S/C22H34N4O6S2/c27-18(10-14-34)25-17(3-1-2-11-23-16(9-13-33)15-4-5-15)22(31)24-12-8-21(30)32-26-19(28)6-7-20(26)29/h17,23,33-34H,1-14H2,(H,24,31)(H,25,27). The van der Waals surface area contributed by atoms with Crippen molar-refractivity contribution in [2.24, 2.45) is 0 Å². The van der Waals surface area contributed by atoms with Crippen molar-refractivity contribution < 1.29 is 28.8 Å². The predicted octanol–water partition coefficient (Wildman–Crippen LogP) is 1.03. The van der Waals surface area contributed by atoms with E-state index in [1.165, 1.54) is 11.3 Å². The molecule has 1 saturated carbocycles. The summed E-state index contributed by atoms with van der Waals surface area (Å²) in [5.41, 5.74) is 2.73. The molecule has 190 valence electrons. The molecular formula is C22H34N4O6S2. The highest BCUT2D eigenvalue weighted by atomic mass is 32.1. The number of rotatable bonds is 16. The molecule has 10 nitrogen and oxygen atoms in total. The number of allylic oxidation sites excluding steroid dienone is 2. The van der Waals surface area contributed by atoms with Gasteiger partial charge in [-0.25, -0.2) is 4.79 Å². The maximum absolute atomic E-state index is 12.6. The molecule has 0 aromatic rings. The Kier molecular flexibility index (Phi) is 12.3. The molecule has 2 rings (SSSR count). The van der Waals surface area contributed by atoms with Gasteiger partial charge in [-0.15, -0.1) is 5.06 Å². The summed E-state index contributed by atoms with van der Waals surface area (Å²) in [5, 5.41) is 9.27. The second-order valence-electron chi connectivity index (χ2n) is 8.16. The van der Waals surface area contributed by atoms with Crippen LogP contribution in [0.1, 0.15) is 64.2 Å². The second kappa shape index (κ2) is 14.9. The first kappa shape index (κ1) is 28.0. The number of thiol groups is 2. The van der Waals surface area contributed by atoms with Crippen LogP contribution >= 0.6 is 25.3 Å². The SMILES string of the molecule is O=C(CCS)NC(CCCCNC(CCS)=C1CC1)C(=O)NCCC(=O)ON1C(=O)CCC1=O. The Balaban J connectivity index is 1.74. The van der Waals surface area contributed by atoms with E-state index >= 15 is 0 Å². The van der Waals surface area contributed by atoms with Crippen LogP contribution in [0.15, 0.2) is 11.3 Å². The van der Waals surface area contributed by atoms with E-state index in [4.69, 9.17) is 4.84 Å². The van der Waals surface area contributed by atoms with Crippen molar-refractivity contribution in [2.45, 2.75) is 70.3 Å². The van der Waals surface area contributed by atoms with Crippen molar-refractivity contribution in [1.29, 1.82) is 0 Å². The van der Waals surface area contributed by atoms with Crippen LogP contribution in [0.2, 0.25) is 0 Å². The number of carbonyl (C=O) groups excluding carboxylic acids is 5. The molecule has 1 aliphatic heterocycles. The Hall–Kier alpha value is -2.21. The van der Waals surface area contributed by atoms with E-state index in [0.717, 1.165) is 44.4 Å². The number of amides is 4. The summed E-state index contributed by atoms with van der Waals surface area (Å²) in [6.07, 6.45) is 5.22. The van der Waals surface area contributed by atoms with Crippen LogP contribution in [0, 0.1) is 0 Å². The summed E-state index contributed by atoms with van der Waals surface area (Å²) >= 11 is 8.34. The fourth-order valence-corrected chi connectivity index (χ4v) is 3.86. The highest BCUT2D eigenvalue weighted by molar-refractivity contribution is 7.80. The third-order valence-electron chi connectivity index (χ3n) is 5.36. The summed E-state index contributed by atoms with van der Waals surface area (Å²) in [5.74, 6) is -1.43. The zero-order valence-corrected chi connectivity index (χ0v) is 21.1. The molecule has 1 aliphatic carbocycles. The fourth-order valence-electron chi connectivity index (χ4n) is 3.43. The minimum atomic E-state index is -0.799. The minimum Gasteiger partial charge on any atom is -0.388 e. The zero-order chi connectivity index (χ0) is 24.9. The van der Waals surface area contributed by atoms with Gasteiger partial charge in [0.05, 0.1) is 6.42 Å². The van der Waals surface area contributed by atoms with E-state index in [1.807, 2.05) is 0 Å². The zero-order valence-electron chi connectivity index (χ0n) is 19.3. The van der Waals surface area contributed by atoms with Gasteiger partial charge >= 0.3 is 5.97 Å². The van der Waals surface area contributed by atoms with Crippen LogP contribution in [0.4, 0.5) is 0 Å². The van der Waals surface area contributed by atoms with Gasteiger partial charge in [0, 0.05) is 38.0 Å². The minimum absolute atomic E-state index is 0.0139. The summed E-state index contributed by atoms with van der Waals surface area (Å²) < 4.78 is 0. The molecule has 4 amide bonds. The number of nitrogens with one attached hydrogen (secondary N) is 3. The monoisotopic (exact) mass is 514 g/mol. The quantitative estimate of drug-likeness (QED) is 0.118. The van der Waals surface area contributed by atoms with E-state index in [2.05, 4.69) is 41.2 Å². The molecule has 2 aliphatic rings. The summed E-state index contributed by atoms with van der Waals surface area (Å²) in [6.45, 7) is 0.736. The van der Waals surface area contributed by atoms with E-state index in [9.17, 15) is 24.0 Å². The lowest BCUT2D eigenvalue weighted by atomic mass is 10.1. The van der Waals surface area contributed by atoms with Gasteiger partial charge in [-0.05, 0) is 50.0 Å². The van der Waals surface area contributed by atoms with Gasteiger partial charge < -0.3 is 20.8 Å². The van der Waals surface area contributed by atoms with Crippen molar-refractivity contribution in [3.05, 3.63) is 11.3 Å². The van der Waals surface area contributed by atoms with Gasteiger partial charge in [-0.1, -0.05) is 5.57 Å². The molecule has 0 spiro atoms. The molecule has 34 heavy (non-hydrogen) atoms. The lowest BCUT2D eigenvalue weighted by molar-refractivity contribution is -0.197. The maximum atomic E-state index is 12.6. The summed E-state index contributed by atoms with van der Waals surface area (Å²) in [6, 6.07) is -0.733. The molecule has 0 bridgehead atoms. The molecule has 1 unspecified atom stereocenters. The Bertz CT molecular complexity index is 782. The third kappa shape index (κ3) is 9.96. The second-order valence-corrected chi connectivity index (χ2v) is 9.05. The van der Waals surface area contributed by atoms with Crippen LogP contribution in [0.5, 0.6) is 0 Å². The van der Waals surface area contributed by atoms with Gasteiger partial charge in [0.25, 0.3) is 11.8 Å². The largest absolute Gasteiger partial charge is 0.388 e. The van der Waals surface area contributed by atoms with E-state index in [0.29, 0.717) is 17.2 Å². The number of nitrogens with zero attached hydrogens (tertiary/aromatic N) is 1. The number of unbranched alkanes of at least 4 members (excludes halogenated alkanes) is 1.